The first-order chi connectivity index (χ1) is 9.20. The van der Waals surface area contributed by atoms with Crippen LogP contribution in [0.25, 0.3) is 0 Å². The maximum absolute atomic E-state index is 10.9. The van der Waals surface area contributed by atoms with Crippen molar-refractivity contribution in [1.82, 2.24) is 10.0 Å². The Balaban J connectivity index is 2.50. The van der Waals surface area contributed by atoms with Crippen molar-refractivity contribution < 1.29 is 8.42 Å². The summed E-state index contributed by atoms with van der Waals surface area (Å²) in [5.74, 6) is 0. The summed E-state index contributed by atoms with van der Waals surface area (Å²) < 4.78 is 24.4. The lowest BCUT2D eigenvalue weighted by Crippen LogP contribution is -2.27. The van der Waals surface area contributed by atoms with Crippen molar-refractivity contribution >= 4 is 10.0 Å². The minimum absolute atomic E-state index is 0.272. The Morgan fingerprint density at radius 3 is 2.15 bits per heavy atom. The zero-order valence-electron chi connectivity index (χ0n) is 13.1. The highest BCUT2D eigenvalue weighted by atomic mass is 32.2. The molecule has 0 aliphatic carbocycles. The van der Waals surface area contributed by atoms with Crippen molar-refractivity contribution in [1.29, 1.82) is 0 Å². The molecule has 1 rings (SSSR count). The van der Waals surface area contributed by atoms with Crippen LogP contribution >= 0.6 is 0 Å². The molecule has 0 heterocycles. The summed E-state index contributed by atoms with van der Waals surface area (Å²) in [6.45, 7) is 9.80. The van der Waals surface area contributed by atoms with Crippen molar-refractivity contribution in [2.24, 2.45) is 0 Å². The van der Waals surface area contributed by atoms with Gasteiger partial charge in [0.05, 0.1) is 6.26 Å². The lowest BCUT2D eigenvalue weighted by atomic mass is 9.95. The van der Waals surface area contributed by atoms with Crippen LogP contribution in [-0.2, 0) is 10.0 Å². The van der Waals surface area contributed by atoms with Crippen molar-refractivity contribution in [2.45, 2.75) is 40.2 Å². The first-order valence-electron chi connectivity index (χ1n) is 6.96. The van der Waals surface area contributed by atoms with Gasteiger partial charge >= 0.3 is 0 Å². The zero-order chi connectivity index (χ0) is 15.3. The molecule has 1 aromatic rings. The molecule has 4 nitrogen and oxygen atoms in total. The zero-order valence-corrected chi connectivity index (χ0v) is 13.9. The molecule has 20 heavy (non-hydrogen) atoms. The van der Waals surface area contributed by atoms with Crippen LogP contribution in [0.5, 0.6) is 0 Å². The van der Waals surface area contributed by atoms with Gasteiger partial charge in [0.2, 0.25) is 10.0 Å². The monoisotopic (exact) mass is 298 g/mol. The van der Waals surface area contributed by atoms with Crippen molar-refractivity contribution in [3.05, 3.63) is 34.4 Å². The number of aryl methyl sites for hydroxylation is 3. The molecule has 0 fully saturated rings. The van der Waals surface area contributed by atoms with E-state index in [1.165, 1.54) is 28.5 Å². The summed E-state index contributed by atoms with van der Waals surface area (Å²) in [5.41, 5.74) is 5.23. The van der Waals surface area contributed by atoms with Crippen molar-refractivity contribution in [3.63, 3.8) is 0 Å². The van der Waals surface area contributed by atoms with Crippen LogP contribution in [-0.4, -0.2) is 27.8 Å². The molecule has 1 atom stereocenters. The highest BCUT2D eigenvalue weighted by molar-refractivity contribution is 7.88. The molecule has 2 N–H and O–H groups in total. The van der Waals surface area contributed by atoms with Gasteiger partial charge in [0.1, 0.15) is 0 Å². The van der Waals surface area contributed by atoms with Crippen LogP contribution in [0.1, 0.15) is 41.6 Å². The number of hydrogen-bond acceptors (Lipinski definition) is 3. The molecule has 0 radical (unpaired) electrons. The van der Waals surface area contributed by atoms with Gasteiger partial charge in [-0.2, -0.15) is 0 Å². The molecule has 1 aromatic carbocycles. The Hall–Kier alpha value is -0.910. The molecule has 5 heteroatoms. The lowest BCUT2D eigenvalue weighted by molar-refractivity contribution is 0.545. The summed E-state index contributed by atoms with van der Waals surface area (Å²) in [6.07, 6.45) is 1.96. The quantitative estimate of drug-likeness (QED) is 0.759. The minimum Gasteiger partial charge on any atom is -0.310 e. The van der Waals surface area contributed by atoms with E-state index < -0.39 is 10.0 Å². The largest absolute Gasteiger partial charge is 0.310 e. The highest BCUT2D eigenvalue weighted by Gasteiger charge is 2.11. The van der Waals surface area contributed by atoms with E-state index in [2.05, 4.69) is 49.9 Å². The lowest BCUT2D eigenvalue weighted by Gasteiger charge is -2.20. The van der Waals surface area contributed by atoms with Gasteiger partial charge in [-0.05, 0) is 57.4 Å². The highest BCUT2D eigenvalue weighted by Crippen LogP contribution is 2.23. The average molecular weight is 298 g/mol. The molecule has 114 valence electrons. The summed E-state index contributed by atoms with van der Waals surface area (Å²) in [4.78, 5) is 0. The van der Waals surface area contributed by atoms with Crippen LogP contribution in [0.4, 0.5) is 0 Å². The molecule has 0 saturated carbocycles. The number of rotatable bonds is 7. The van der Waals surface area contributed by atoms with E-state index in [1.54, 1.807) is 0 Å². The molecule has 0 aromatic heterocycles. The standard InChI is InChI=1S/C15H26N2O2S/c1-11-9-12(2)15(13(3)10-11)14(4)16-7-6-8-17-20(5,18)19/h9-10,14,16-17H,6-8H2,1-5H3. The average Bonchev–Trinajstić information content (AvgIpc) is 2.25. The van der Waals surface area contributed by atoms with Gasteiger partial charge in [0.15, 0.2) is 0 Å². The Labute approximate surface area is 123 Å². The fourth-order valence-electron chi connectivity index (χ4n) is 2.64. The van der Waals surface area contributed by atoms with Gasteiger partial charge in [-0.15, -0.1) is 0 Å². The Bertz CT molecular complexity index is 530. The molecule has 0 amide bonds. The minimum atomic E-state index is -3.07. The number of benzene rings is 1. The van der Waals surface area contributed by atoms with Gasteiger partial charge in [0.25, 0.3) is 0 Å². The van der Waals surface area contributed by atoms with E-state index in [0.29, 0.717) is 6.54 Å². The van der Waals surface area contributed by atoms with Crippen LogP contribution in [0.2, 0.25) is 0 Å². The third-order valence-corrected chi connectivity index (χ3v) is 4.07. The van der Waals surface area contributed by atoms with Gasteiger partial charge < -0.3 is 5.32 Å². The third-order valence-electron chi connectivity index (χ3n) is 3.34. The van der Waals surface area contributed by atoms with Gasteiger partial charge in [-0.3, -0.25) is 0 Å². The second kappa shape index (κ2) is 7.20. The maximum Gasteiger partial charge on any atom is 0.208 e. The molecular formula is C15H26N2O2S. The smallest absolute Gasteiger partial charge is 0.208 e. The number of nitrogens with one attached hydrogen (secondary N) is 2. The van der Waals surface area contributed by atoms with Crippen LogP contribution in [0, 0.1) is 20.8 Å². The molecule has 0 spiro atoms. The molecule has 1 unspecified atom stereocenters. The second-order valence-electron chi connectivity index (χ2n) is 5.51. The normalized spacial score (nSPS) is 13.4. The van der Waals surface area contributed by atoms with Crippen LogP contribution in [0.3, 0.4) is 0 Å². The van der Waals surface area contributed by atoms with E-state index in [0.717, 1.165) is 13.0 Å². The molecule has 0 aliphatic heterocycles. The summed E-state index contributed by atoms with van der Waals surface area (Å²) in [6, 6.07) is 4.67. The molecule has 0 bridgehead atoms. The van der Waals surface area contributed by atoms with Crippen LogP contribution in [0.15, 0.2) is 12.1 Å². The summed E-state index contributed by atoms with van der Waals surface area (Å²) in [5, 5.41) is 3.45. The van der Waals surface area contributed by atoms with Gasteiger partial charge in [0, 0.05) is 12.6 Å². The summed E-state index contributed by atoms with van der Waals surface area (Å²) in [7, 11) is -3.07. The van der Waals surface area contributed by atoms with Crippen LogP contribution < -0.4 is 10.0 Å². The molecular weight excluding hydrogens is 272 g/mol. The van der Waals surface area contributed by atoms with Crippen molar-refractivity contribution in [3.8, 4) is 0 Å². The van der Waals surface area contributed by atoms with Gasteiger partial charge in [-0.1, -0.05) is 17.7 Å². The fraction of sp³-hybridized carbons (Fsp3) is 0.600. The van der Waals surface area contributed by atoms with E-state index in [1.807, 2.05) is 0 Å². The van der Waals surface area contributed by atoms with Gasteiger partial charge in [-0.25, -0.2) is 13.1 Å². The number of hydrogen-bond donors (Lipinski definition) is 2. The van der Waals surface area contributed by atoms with Crippen molar-refractivity contribution in [2.75, 3.05) is 19.3 Å². The Morgan fingerprint density at radius 2 is 1.65 bits per heavy atom. The predicted octanol–water partition coefficient (Wildman–Crippen LogP) is 2.20. The van der Waals surface area contributed by atoms with E-state index in [4.69, 9.17) is 0 Å². The predicted molar refractivity (Wildman–Crippen MR) is 84.5 cm³/mol. The Kier molecular flexibility index (Phi) is 6.17. The van der Waals surface area contributed by atoms with E-state index in [-0.39, 0.29) is 6.04 Å². The topological polar surface area (TPSA) is 58.2 Å². The van der Waals surface area contributed by atoms with E-state index in [9.17, 15) is 8.42 Å². The second-order valence-corrected chi connectivity index (χ2v) is 7.34. The number of sulfonamides is 1. The first kappa shape index (κ1) is 17.1. The summed E-state index contributed by atoms with van der Waals surface area (Å²) >= 11 is 0. The van der Waals surface area contributed by atoms with E-state index >= 15 is 0 Å². The fourth-order valence-corrected chi connectivity index (χ4v) is 3.16. The first-order valence-corrected chi connectivity index (χ1v) is 8.85. The SMILES string of the molecule is Cc1cc(C)c(C(C)NCCCNS(C)(=O)=O)c(C)c1. The third kappa shape index (κ3) is 5.61. The maximum atomic E-state index is 10.9. The Morgan fingerprint density at radius 1 is 1.10 bits per heavy atom. The molecule has 0 aliphatic rings. The molecule has 0 saturated heterocycles.